The Labute approximate surface area is 161 Å². The van der Waals surface area contributed by atoms with Gasteiger partial charge in [0.25, 0.3) is 0 Å². The lowest BCUT2D eigenvalue weighted by molar-refractivity contribution is -0.122. The van der Waals surface area contributed by atoms with Gasteiger partial charge in [0.2, 0.25) is 5.91 Å². The fourth-order valence-electron chi connectivity index (χ4n) is 3.65. The Morgan fingerprint density at radius 2 is 2.00 bits per heavy atom. The first-order chi connectivity index (χ1) is 13.1. The Kier molecular flexibility index (Phi) is 6.42. The summed E-state index contributed by atoms with van der Waals surface area (Å²) in [5.74, 6) is 1.27. The molecule has 6 nitrogen and oxygen atoms in total. The number of methoxy groups -OCH3 is 1. The minimum Gasteiger partial charge on any atom is -0.497 e. The predicted octanol–water partition coefficient (Wildman–Crippen LogP) is 1.74. The number of ether oxygens (including phenoxy) is 1. The maximum atomic E-state index is 12.4. The second-order valence-electron chi connectivity index (χ2n) is 7.20. The molecule has 1 amide bonds. The SMILES string of the molecule is COc1ccc([C@@H]2CN(CC(=O)NCc3ccccn3)C[C@H]2N(C)C)cc1. The number of carbonyl (C=O) groups is 1. The van der Waals surface area contributed by atoms with Gasteiger partial charge in [-0.2, -0.15) is 0 Å². The van der Waals surface area contributed by atoms with Gasteiger partial charge in [-0.25, -0.2) is 0 Å². The molecular weight excluding hydrogens is 340 g/mol. The molecule has 1 aliphatic heterocycles. The van der Waals surface area contributed by atoms with Crippen molar-refractivity contribution in [2.75, 3.05) is 40.8 Å². The lowest BCUT2D eigenvalue weighted by Crippen LogP contribution is -2.38. The van der Waals surface area contributed by atoms with E-state index < -0.39 is 0 Å². The third-order valence-electron chi connectivity index (χ3n) is 5.13. The van der Waals surface area contributed by atoms with E-state index in [1.807, 2.05) is 30.3 Å². The van der Waals surface area contributed by atoms with Gasteiger partial charge < -0.3 is 15.0 Å². The zero-order valence-corrected chi connectivity index (χ0v) is 16.3. The first kappa shape index (κ1) is 19.3. The van der Waals surface area contributed by atoms with Crippen molar-refractivity contribution in [1.29, 1.82) is 0 Å². The van der Waals surface area contributed by atoms with Crippen LogP contribution in [0.1, 0.15) is 17.2 Å². The van der Waals surface area contributed by atoms with Gasteiger partial charge >= 0.3 is 0 Å². The van der Waals surface area contributed by atoms with E-state index in [0.717, 1.165) is 24.5 Å². The molecule has 144 valence electrons. The summed E-state index contributed by atoms with van der Waals surface area (Å²) < 4.78 is 5.26. The average Bonchev–Trinajstić information content (AvgIpc) is 3.11. The van der Waals surface area contributed by atoms with Crippen molar-refractivity contribution >= 4 is 5.91 Å². The minimum atomic E-state index is 0.0357. The van der Waals surface area contributed by atoms with Gasteiger partial charge in [-0.1, -0.05) is 18.2 Å². The molecule has 1 aromatic carbocycles. The summed E-state index contributed by atoms with van der Waals surface area (Å²) in [4.78, 5) is 21.1. The van der Waals surface area contributed by atoms with E-state index in [0.29, 0.717) is 25.0 Å². The standard InChI is InChI=1S/C21H28N4O2/c1-24(2)20-14-25(13-19(20)16-7-9-18(27-3)10-8-16)15-21(26)23-12-17-6-4-5-11-22-17/h4-11,19-20H,12-15H2,1-3H3,(H,23,26)/t19-,20+/m0/s1. The van der Waals surface area contributed by atoms with Crippen LogP contribution in [0, 0.1) is 0 Å². The molecular formula is C21H28N4O2. The van der Waals surface area contributed by atoms with Gasteiger partial charge in [0, 0.05) is 31.2 Å². The van der Waals surface area contributed by atoms with E-state index in [2.05, 4.69) is 46.3 Å². The highest BCUT2D eigenvalue weighted by atomic mass is 16.5. The largest absolute Gasteiger partial charge is 0.497 e. The van der Waals surface area contributed by atoms with Crippen LogP contribution in [0.4, 0.5) is 0 Å². The molecule has 0 bridgehead atoms. The predicted molar refractivity (Wildman–Crippen MR) is 106 cm³/mol. The van der Waals surface area contributed by atoms with Crippen LogP contribution in [-0.4, -0.2) is 67.6 Å². The van der Waals surface area contributed by atoms with Crippen molar-refractivity contribution in [3.8, 4) is 5.75 Å². The van der Waals surface area contributed by atoms with E-state index in [1.165, 1.54) is 5.56 Å². The average molecular weight is 368 g/mol. The van der Waals surface area contributed by atoms with E-state index >= 15 is 0 Å². The first-order valence-electron chi connectivity index (χ1n) is 9.26. The number of likely N-dealkylation sites (N-methyl/N-ethyl adjacent to an activating group) is 1. The number of nitrogens with one attached hydrogen (secondary N) is 1. The first-order valence-corrected chi connectivity index (χ1v) is 9.26. The third-order valence-corrected chi connectivity index (χ3v) is 5.13. The molecule has 2 heterocycles. The van der Waals surface area contributed by atoms with Crippen LogP contribution in [0.25, 0.3) is 0 Å². The number of hydrogen-bond acceptors (Lipinski definition) is 5. The molecule has 1 saturated heterocycles. The summed E-state index contributed by atoms with van der Waals surface area (Å²) in [5.41, 5.74) is 2.15. The monoisotopic (exact) mass is 368 g/mol. The number of carbonyl (C=O) groups excluding carboxylic acids is 1. The molecule has 0 saturated carbocycles. The number of rotatable bonds is 7. The van der Waals surface area contributed by atoms with Gasteiger partial charge in [-0.15, -0.1) is 0 Å². The summed E-state index contributed by atoms with van der Waals surface area (Å²) in [6, 6.07) is 14.4. The zero-order valence-electron chi connectivity index (χ0n) is 16.3. The van der Waals surface area contributed by atoms with Gasteiger partial charge in [-0.05, 0) is 43.9 Å². The molecule has 0 spiro atoms. The lowest BCUT2D eigenvalue weighted by Gasteiger charge is -2.25. The van der Waals surface area contributed by atoms with Gasteiger partial charge in [0.15, 0.2) is 0 Å². The summed E-state index contributed by atoms with van der Waals surface area (Å²) >= 11 is 0. The van der Waals surface area contributed by atoms with Crippen molar-refractivity contribution < 1.29 is 9.53 Å². The molecule has 0 aliphatic carbocycles. The molecule has 2 atom stereocenters. The highest BCUT2D eigenvalue weighted by molar-refractivity contribution is 5.78. The highest BCUT2D eigenvalue weighted by Crippen LogP contribution is 2.31. The van der Waals surface area contributed by atoms with Crippen LogP contribution in [-0.2, 0) is 11.3 Å². The third kappa shape index (κ3) is 5.05. The van der Waals surface area contributed by atoms with Crippen LogP contribution in [0.2, 0.25) is 0 Å². The van der Waals surface area contributed by atoms with E-state index in [-0.39, 0.29) is 5.91 Å². The molecule has 27 heavy (non-hydrogen) atoms. The summed E-state index contributed by atoms with van der Waals surface area (Å²) in [7, 11) is 5.89. The van der Waals surface area contributed by atoms with Crippen molar-refractivity contribution in [1.82, 2.24) is 20.1 Å². The van der Waals surface area contributed by atoms with Crippen LogP contribution < -0.4 is 10.1 Å². The van der Waals surface area contributed by atoms with Crippen molar-refractivity contribution in [3.05, 3.63) is 59.9 Å². The Morgan fingerprint density at radius 3 is 2.63 bits per heavy atom. The number of aromatic nitrogens is 1. The normalized spacial score (nSPS) is 20.0. The Hall–Kier alpha value is -2.44. The van der Waals surface area contributed by atoms with Gasteiger partial charge in [0.05, 0.1) is 25.9 Å². The second-order valence-corrected chi connectivity index (χ2v) is 7.20. The van der Waals surface area contributed by atoms with E-state index in [1.54, 1.807) is 13.3 Å². The maximum absolute atomic E-state index is 12.4. The molecule has 2 aromatic rings. The number of nitrogens with zero attached hydrogens (tertiary/aromatic N) is 3. The quantitative estimate of drug-likeness (QED) is 0.807. The molecule has 1 N–H and O–H groups in total. The molecule has 1 aliphatic rings. The molecule has 3 rings (SSSR count). The van der Waals surface area contributed by atoms with Crippen molar-refractivity contribution in [2.24, 2.45) is 0 Å². The number of pyridine rings is 1. The Balaban J connectivity index is 1.59. The zero-order chi connectivity index (χ0) is 19.2. The number of likely N-dealkylation sites (tertiary alicyclic amines) is 1. The summed E-state index contributed by atoms with van der Waals surface area (Å²) in [5, 5.41) is 2.97. The Morgan fingerprint density at radius 1 is 1.22 bits per heavy atom. The topological polar surface area (TPSA) is 57.7 Å². The van der Waals surface area contributed by atoms with Crippen LogP contribution in [0.5, 0.6) is 5.75 Å². The molecule has 0 radical (unpaired) electrons. The van der Waals surface area contributed by atoms with Crippen LogP contribution >= 0.6 is 0 Å². The molecule has 0 unspecified atom stereocenters. The minimum absolute atomic E-state index is 0.0357. The number of hydrogen-bond donors (Lipinski definition) is 1. The van der Waals surface area contributed by atoms with Gasteiger partial charge in [-0.3, -0.25) is 14.7 Å². The van der Waals surface area contributed by atoms with Crippen LogP contribution in [0.15, 0.2) is 48.7 Å². The second kappa shape index (κ2) is 8.97. The fraction of sp³-hybridized carbons (Fsp3) is 0.429. The van der Waals surface area contributed by atoms with Crippen molar-refractivity contribution in [3.63, 3.8) is 0 Å². The van der Waals surface area contributed by atoms with Crippen molar-refractivity contribution in [2.45, 2.75) is 18.5 Å². The van der Waals surface area contributed by atoms with E-state index in [9.17, 15) is 4.79 Å². The van der Waals surface area contributed by atoms with Gasteiger partial charge in [0.1, 0.15) is 5.75 Å². The van der Waals surface area contributed by atoms with Crippen LogP contribution in [0.3, 0.4) is 0 Å². The summed E-state index contributed by atoms with van der Waals surface area (Å²) in [6.07, 6.45) is 1.74. The number of amides is 1. The smallest absolute Gasteiger partial charge is 0.234 e. The molecule has 6 heteroatoms. The highest BCUT2D eigenvalue weighted by Gasteiger charge is 2.35. The maximum Gasteiger partial charge on any atom is 0.234 e. The number of benzene rings is 1. The Bertz CT molecular complexity index is 734. The summed E-state index contributed by atoms with van der Waals surface area (Å²) in [6.45, 7) is 2.61. The molecule has 1 fully saturated rings. The fourth-order valence-corrected chi connectivity index (χ4v) is 3.65. The van der Waals surface area contributed by atoms with E-state index in [4.69, 9.17) is 4.74 Å². The molecule has 1 aromatic heterocycles. The lowest BCUT2D eigenvalue weighted by atomic mass is 9.93.